The first kappa shape index (κ1) is 9.43. The van der Waals surface area contributed by atoms with Gasteiger partial charge in [-0.25, -0.2) is 0 Å². The van der Waals surface area contributed by atoms with E-state index in [9.17, 15) is 4.79 Å². The van der Waals surface area contributed by atoms with Gasteiger partial charge in [-0.2, -0.15) is 0 Å². The summed E-state index contributed by atoms with van der Waals surface area (Å²) in [6.45, 7) is 4.08. The molecule has 0 radical (unpaired) electrons. The number of rotatable bonds is 2. The van der Waals surface area contributed by atoms with Crippen LogP contribution in [-0.4, -0.2) is 36.2 Å². The minimum atomic E-state index is 0.107. The van der Waals surface area contributed by atoms with Gasteiger partial charge in [-0.05, 0) is 0 Å². The minimum Gasteiger partial charge on any atom is -0.379 e. The Bertz CT molecular complexity index is 342. The summed E-state index contributed by atoms with van der Waals surface area (Å²) >= 11 is 0. The van der Waals surface area contributed by atoms with Crippen molar-refractivity contribution in [2.24, 2.45) is 0 Å². The van der Waals surface area contributed by atoms with E-state index in [2.05, 4.69) is 9.88 Å². The molecular formula is C10H14N2O2. The molecule has 1 aliphatic heterocycles. The van der Waals surface area contributed by atoms with Crippen LogP contribution in [0.15, 0.2) is 23.3 Å². The second kappa shape index (κ2) is 4.39. The summed E-state index contributed by atoms with van der Waals surface area (Å²) in [5, 5.41) is 0. The highest BCUT2D eigenvalue weighted by Crippen LogP contribution is 2.01. The van der Waals surface area contributed by atoms with E-state index in [1.54, 1.807) is 18.5 Å². The first-order chi connectivity index (χ1) is 6.86. The lowest BCUT2D eigenvalue weighted by Crippen LogP contribution is -2.36. The molecule has 1 fully saturated rings. The first-order valence-electron chi connectivity index (χ1n) is 4.82. The Morgan fingerprint density at radius 2 is 2.21 bits per heavy atom. The van der Waals surface area contributed by atoms with Gasteiger partial charge in [0.1, 0.15) is 0 Å². The normalized spacial score (nSPS) is 18.3. The lowest BCUT2D eigenvalue weighted by atomic mass is 10.2. The molecule has 0 spiro atoms. The van der Waals surface area contributed by atoms with Crippen LogP contribution in [0.2, 0.25) is 0 Å². The van der Waals surface area contributed by atoms with Crippen molar-refractivity contribution in [3.8, 4) is 0 Å². The zero-order valence-corrected chi connectivity index (χ0v) is 8.03. The fourth-order valence-corrected chi connectivity index (χ4v) is 1.57. The highest BCUT2D eigenvalue weighted by atomic mass is 16.5. The number of nitrogens with zero attached hydrogens (tertiary/aromatic N) is 1. The number of aromatic nitrogens is 1. The third-order valence-corrected chi connectivity index (χ3v) is 2.40. The van der Waals surface area contributed by atoms with Gasteiger partial charge in [0.2, 0.25) is 0 Å². The number of hydrogen-bond donors (Lipinski definition) is 1. The number of hydrogen-bond acceptors (Lipinski definition) is 3. The van der Waals surface area contributed by atoms with E-state index < -0.39 is 0 Å². The number of aromatic amines is 1. The van der Waals surface area contributed by atoms with E-state index in [1.165, 1.54) is 0 Å². The highest BCUT2D eigenvalue weighted by molar-refractivity contribution is 5.08. The van der Waals surface area contributed by atoms with Crippen LogP contribution in [-0.2, 0) is 11.3 Å². The summed E-state index contributed by atoms with van der Waals surface area (Å²) in [5.41, 5.74) is 0.935. The Labute approximate surface area is 82.5 Å². The summed E-state index contributed by atoms with van der Waals surface area (Å²) in [7, 11) is 0. The Kier molecular flexibility index (Phi) is 2.96. The third-order valence-electron chi connectivity index (χ3n) is 2.40. The number of morpholine rings is 1. The first-order valence-corrected chi connectivity index (χ1v) is 4.82. The number of pyridine rings is 1. The summed E-state index contributed by atoms with van der Waals surface area (Å²) in [4.78, 5) is 16.6. The molecule has 0 saturated carbocycles. The zero-order chi connectivity index (χ0) is 9.80. The molecule has 2 heterocycles. The smallest absolute Gasteiger partial charge is 0.186 e. The SMILES string of the molecule is O=c1cc[nH]cc1CN1CCOCC1. The molecule has 14 heavy (non-hydrogen) atoms. The van der Waals surface area contributed by atoms with Crippen molar-refractivity contribution >= 4 is 0 Å². The van der Waals surface area contributed by atoms with E-state index in [-0.39, 0.29) is 5.43 Å². The molecule has 76 valence electrons. The Morgan fingerprint density at radius 3 is 2.93 bits per heavy atom. The van der Waals surface area contributed by atoms with Crippen LogP contribution in [0, 0.1) is 0 Å². The quantitative estimate of drug-likeness (QED) is 0.732. The molecule has 0 unspecified atom stereocenters. The van der Waals surface area contributed by atoms with Crippen molar-refractivity contribution in [3.05, 3.63) is 34.2 Å². The minimum absolute atomic E-state index is 0.107. The average Bonchev–Trinajstić information content (AvgIpc) is 2.23. The second-order valence-corrected chi connectivity index (χ2v) is 3.42. The third kappa shape index (κ3) is 2.21. The van der Waals surface area contributed by atoms with Gasteiger partial charge < -0.3 is 9.72 Å². The van der Waals surface area contributed by atoms with Gasteiger partial charge in [-0.1, -0.05) is 0 Å². The van der Waals surface area contributed by atoms with Crippen LogP contribution in [0.3, 0.4) is 0 Å². The number of H-pyrrole nitrogens is 1. The maximum absolute atomic E-state index is 11.4. The second-order valence-electron chi connectivity index (χ2n) is 3.42. The van der Waals surface area contributed by atoms with Crippen LogP contribution >= 0.6 is 0 Å². The Hall–Kier alpha value is -1.13. The molecule has 0 amide bonds. The van der Waals surface area contributed by atoms with E-state index in [0.29, 0.717) is 0 Å². The van der Waals surface area contributed by atoms with E-state index in [0.717, 1.165) is 38.4 Å². The molecule has 1 aromatic rings. The monoisotopic (exact) mass is 194 g/mol. The molecule has 0 bridgehead atoms. The number of ether oxygens (including phenoxy) is 1. The molecule has 0 atom stereocenters. The average molecular weight is 194 g/mol. The molecule has 0 aliphatic carbocycles. The molecule has 1 aromatic heterocycles. The molecule has 1 saturated heterocycles. The maximum Gasteiger partial charge on any atom is 0.186 e. The number of nitrogens with one attached hydrogen (secondary N) is 1. The standard InChI is InChI=1S/C10H14N2O2/c13-10-1-2-11-7-9(10)8-12-3-5-14-6-4-12/h1-2,7H,3-6,8H2,(H,11,13). The fourth-order valence-electron chi connectivity index (χ4n) is 1.57. The largest absolute Gasteiger partial charge is 0.379 e. The highest BCUT2D eigenvalue weighted by Gasteiger charge is 2.11. The van der Waals surface area contributed by atoms with Gasteiger partial charge >= 0.3 is 0 Å². The van der Waals surface area contributed by atoms with Crippen molar-refractivity contribution in [2.75, 3.05) is 26.3 Å². The molecule has 0 aromatic carbocycles. The van der Waals surface area contributed by atoms with Crippen molar-refractivity contribution in [1.82, 2.24) is 9.88 Å². The van der Waals surface area contributed by atoms with E-state index >= 15 is 0 Å². The summed E-state index contributed by atoms with van der Waals surface area (Å²) in [6, 6.07) is 1.57. The van der Waals surface area contributed by atoms with Gasteiger partial charge in [0.15, 0.2) is 5.43 Å². The summed E-state index contributed by atoms with van der Waals surface area (Å²) in [6.07, 6.45) is 3.43. The molecule has 4 heteroatoms. The molecule has 2 rings (SSSR count). The van der Waals surface area contributed by atoms with Gasteiger partial charge in [0.25, 0.3) is 0 Å². The predicted molar refractivity (Wildman–Crippen MR) is 53.2 cm³/mol. The van der Waals surface area contributed by atoms with Crippen molar-refractivity contribution < 1.29 is 4.74 Å². The van der Waals surface area contributed by atoms with Crippen LogP contribution < -0.4 is 5.43 Å². The van der Waals surface area contributed by atoms with Crippen LogP contribution in [0.5, 0.6) is 0 Å². The topological polar surface area (TPSA) is 45.3 Å². The Morgan fingerprint density at radius 1 is 1.43 bits per heavy atom. The molecule has 1 aliphatic rings. The van der Waals surface area contributed by atoms with E-state index in [1.807, 2.05) is 0 Å². The van der Waals surface area contributed by atoms with Crippen LogP contribution in [0.1, 0.15) is 5.56 Å². The molecule has 4 nitrogen and oxygen atoms in total. The molecule has 1 N–H and O–H groups in total. The van der Waals surface area contributed by atoms with Crippen molar-refractivity contribution in [2.45, 2.75) is 6.54 Å². The Balaban J connectivity index is 2.03. The van der Waals surface area contributed by atoms with E-state index in [4.69, 9.17) is 4.74 Å². The van der Waals surface area contributed by atoms with Crippen LogP contribution in [0.25, 0.3) is 0 Å². The van der Waals surface area contributed by atoms with Crippen molar-refractivity contribution in [1.29, 1.82) is 0 Å². The lowest BCUT2D eigenvalue weighted by Gasteiger charge is -2.26. The maximum atomic E-state index is 11.4. The van der Waals surface area contributed by atoms with Crippen molar-refractivity contribution in [3.63, 3.8) is 0 Å². The summed E-state index contributed by atoms with van der Waals surface area (Å²) < 4.78 is 5.24. The zero-order valence-electron chi connectivity index (χ0n) is 8.03. The fraction of sp³-hybridized carbons (Fsp3) is 0.500. The van der Waals surface area contributed by atoms with Crippen LogP contribution in [0.4, 0.5) is 0 Å². The van der Waals surface area contributed by atoms with Gasteiger partial charge in [-0.3, -0.25) is 9.69 Å². The van der Waals surface area contributed by atoms with Gasteiger partial charge in [0, 0.05) is 43.7 Å². The molecular weight excluding hydrogens is 180 g/mol. The summed E-state index contributed by atoms with van der Waals surface area (Å²) in [5.74, 6) is 0. The van der Waals surface area contributed by atoms with Gasteiger partial charge in [-0.15, -0.1) is 0 Å². The predicted octanol–water partition coefficient (Wildman–Crippen LogP) is 0.207. The van der Waals surface area contributed by atoms with Gasteiger partial charge in [0.05, 0.1) is 13.2 Å². The lowest BCUT2D eigenvalue weighted by molar-refractivity contribution is 0.0340.